The van der Waals surface area contributed by atoms with Gasteiger partial charge in [-0.2, -0.15) is 0 Å². The summed E-state index contributed by atoms with van der Waals surface area (Å²) < 4.78 is 13.6. The minimum Gasteiger partial charge on any atom is -0.302 e. The van der Waals surface area contributed by atoms with Gasteiger partial charge in [0.15, 0.2) is 0 Å². The number of fused-ring (bicyclic) bond motifs is 1. The molecule has 0 aliphatic carbocycles. The third-order valence-corrected chi connectivity index (χ3v) is 2.63. The topological polar surface area (TPSA) is 37.4 Å². The van der Waals surface area contributed by atoms with Crippen LogP contribution >= 0.6 is 48.5 Å². The number of halogens is 3. The molecule has 0 N–H and O–H groups in total. The van der Waals surface area contributed by atoms with Crippen molar-refractivity contribution in [2.75, 3.05) is 4.90 Å². The van der Waals surface area contributed by atoms with Crippen LogP contribution in [-0.4, -0.2) is 17.7 Å². The molecular formula is C14H18FI2NO2S. The summed E-state index contributed by atoms with van der Waals surface area (Å²) >= 11 is 4.38. The molecule has 1 amide bonds. The van der Waals surface area contributed by atoms with Crippen LogP contribution in [-0.2, 0) is 4.79 Å². The number of ketones is 1. The predicted molar refractivity (Wildman–Crippen MR) is 105 cm³/mol. The van der Waals surface area contributed by atoms with Gasteiger partial charge in [0, 0.05) is 48.5 Å². The molecule has 0 bridgehead atoms. The second kappa shape index (κ2) is 9.98. The zero-order valence-electron chi connectivity index (χ0n) is 12.5. The Morgan fingerprint density at radius 3 is 2.10 bits per heavy atom. The molecule has 1 aliphatic rings. The molecule has 118 valence electrons. The summed E-state index contributed by atoms with van der Waals surface area (Å²) in [4.78, 5) is 24.6. The Morgan fingerprint density at radius 2 is 1.67 bits per heavy atom. The van der Waals surface area contributed by atoms with Crippen molar-refractivity contribution in [2.24, 2.45) is 0 Å². The number of anilines is 1. The van der Waals surface area contributed by atoms with Crippen molar-refractivity contribution in [3.63, 3.8) is 0 Å². The molecule has 1 aromatic rings. The number of hydrogen-bond acceptors (Lipinski definition) is 3. The summed E-state index contributed by atoms with van der Waals surface area (Å²) in [6.07, 6.45) is 1.69. The van der Waals surface area contributed by atoms with Crippen LogP contribution in [0.4, 0.5) is 10.1 Å². The Labute approximate surface area is 153 Å². The highest BCUT2D eigenvalue weighted by Gasteiger charge is 2.39. The molecule has 0 aromatic heterocycles. The van der Waals surface area contributed by atoms with Gasteiger partial charge >= 0.3 is 0 Å². The molecule has 1 aromatic carbocycles. The van der Waals surface area contributed by atoms with E-state index in [1.807, 2.05) is 13.8 Å². The van der Waals surface area contributed by atoms with E-state index in [1.54, 1.807) is 32.9 Å². The second-order valence-electron chi connectivity index (χ2n) is 4.30. The predicted octanol–water partition coefficient (Wildman–Crippen LogP) is 5.52. The molecule has 1 heterocycles. The standard InChI is InChI=1S/C12H12FNO2.C2H6.I2S/c1-6(2)14-9-5-7(3)4-8(13)10(9)11(15)12(14)16;1-2;1-3-2/h4-6H,1-3H3;1-2H3;. The third kappa shape index (κ3) is 5.05. The van der Waals surface area contributed by atoms with Crippen LogP contribution in [0, 0.1) is 12.7 Å². The quantitative estimate of drug-likeness (QED) is 0.350. The fourth-order valence-electron chi connectivity index (χ4n) is 1.98. The van der Waals surface area contributed by atoms with Crippen molar-refractivity contribution in [3.05, 3.63) is 29.1 Å². The fraction of sp³-hybridized carbons (Fsp3) is 0.429. The number of Topliss-reactive ketones (excluding diaryl/α,β-unsaturated/α-hetero) is 1. The Bertz CT molecular complexity index is 524. The lowest BCUT2D eigenvalue weighted by atomic mass is 10.1. The highest BCUT2D eigenvalue weighted by molar-refractivity contribution is 14.3. The number of hydrogen-bond donors (Lipinski definition) is 0. The van der Waals surface area contributed by atoms with Crippen LogP contribution in [0.3, 0.4) is 0 Å². The number of benzene rings is 1. The molecule has 0 saturated heterocycles. The Hall–Kier alpha value is 0.1000. The third-order valence-electron chi connectivity index (χ3n) is 2.63. The number of rotatable bonds is 1. The normalized spacial score (nSPS) is 12.5. The van der Waals surface area contributed by atoms with Crippen LogP contribution in [0.1, 0.15) is 43.6 Å². The molecule has 0 spiro atoms. The van der Waals surface area contributed by atoms with E-state index in [0.717, 1.165) is 0 Å². The lowest BCUT2D eigenvalue weighted by Gasteiger charge is -2.21. The molecule has 21 heavy (non-hydrogen) atoms. The highest BCUT2D eigenvalue weighted by atomic mass is 127. The van der Waals surface area contributed by atoms with Gasteiger partial charge < -0.3 is 4.90 Å². The maximum atomic E-state index is 13.6. The van der Waals surface area contributed by atoms with Crippen molar-refractivity contribution >= 4 is 65.9 Å². The molecule has 2 rings (SSSR count). The van der Waals surface area contributed by atoms with Gasteiger partial charge in [0.05, 0.1) is 11.3 Å². The first-order chi connectivity index (χ1) is 9.84. The number of amides is 1. The van der Waals surface area contributed by atoms with Crippen molar-refractivity contribution < 1.29 is 14.0 Å². The lowest BCUT2D eigenvalue weighted by Crippen LogP contribution is -2.35. The molecule has 7 heteroatoms. The zero-order valence-corrected chi connectivity index (χ0v) is 17.7. The number of aryl methyl sites for hydroxylation is 1. The SMILES string of the molecule is CC.Cc1cc(F)c2c(c1)N(C(C)C)C(=O)C2=O.ISI. The zero-order chi connectivity index (χ0) is 16.7. The lowest BCUT2D eigenvalue weighted by molar-refractivity contribution is -0.114. The Balaban J connectivity index is 0.000000713. The molecular weight excluding hydrogens is 519 g/mol. The van der Waals surface area contributed by atoms with E-state index in [9.17, 15) is 14.0 Å². The van der Waals surface area contributed by atoms with Crippen molar-refractivity contribution in [2.45, 2.75) is 40.7 Å². The van der Waals surface area contributed by atoms with Gasteiger partial charge in [-0.05, 0) is 44.6 Å². The summed E-state index contributed by atoms with van der Waals surface area (Å²) in [5, 5.41) is 0. The van der Waals surface area contributed by atoms with E-state index in [1.165, 1.54) is 11.0 Å². The largest absolute Gasteiger partial charge is 0.302 e. The summed E-state index contributed by atoms with van der Waals surface area (Å²) in [6.45, 7) is 9.32. The first-order valence-electron chi connectivity index (χ1n) is 6.42. The van der Waals surface area contributed by atoms with Gasteiger partial charge in [0.2, 0.25) is 0 Å². The monoisotopic (exact) mass is 537 g/mol. The van der Waals surface area contributed by atoms with E-state index < -0.39 is 17.5 Å². The summed E-state index contributed by atoms with van der Waals surface area (Å²) in [7, 11) is 0. The first-order valence-corrected chi connectivity index (χ1v) is 12.3. The van der Waals surface area contributed by atoms with E-state index in [0.29, 0.717) is 11.3 Å². The number of nitrogens with zero attached hydrogens (tertiary/aromatic N) is 1. The van der Waals surface area contributed by atoms with Crippen LogP contribution in [0.25, 0.3) is 0 Å². The summed E-state index contributed by atoms with van der Waals surface area (Å²) in [6, 6.07) is 2.79. The van der Waals surface area contributed by atoms with Crippen LogP contribution in [0.5, 0.6) is 0 Å². The maximum Gasteiger partial charge on any atom is 0.299 e. The molecule has 1 aliphatic heterocycles. The number of carbonyl (C=O) groups excluding carboxylic acids is 2. The van der Waals surface area contributed by atoms with Crippen LogP contribution < -0.4 is 4.90 Å². The fourth-order valence-corrected chi connectivity index (χ4v) is 1.98. The Morgan fingerprint density at radius 1 is 1.19 bits per heavy atom. The summed E-state index contributed by atoms with van der Waals surface area (Å²) in [5.41, 5.74) is 0.996. The van der Waals surface area contributed by atoms with Gasteiger partial charge in [-0.15, -0.1) is 0 Å². The van der Waals surface area contributed by atoms with Gasteiger partial charge in [-0.3, -0.25) is 9.59 Å². The van der Waals surface area contributed by atoms with Gasteiger partial charge in [-0.25, -0.2) is 4.39 Å². The minimum absolute atomic E-state index is 0.0932. The smallest absolute Gasteiger partial charge is 0.299 e. The molecule has 0 saturated carbocycles. The number of carbonyl (C=O) groups is 2. The molecule has 3 nitrogen and oxygen atoms in total. The van der Waals surface area contributed by atoms with Gasteiger partial charge in [-0.1, -0.05) is 13.8 Å². The van der Waals surface area contributed by atoms with Gasteiger partial charge in [0.1, 0.15) is 5.82 Å². The van der Waals surface area contributed by atoms with Crippen LogP contribution in [0.2, 0.25) is 0 Å². The average molecular weight is 537 g/mol. The van der Waals surface area contributed by atoms with Crippen LogP contribution in [0.15, 0.2) is 12.1 Å². The Kier molecular flexibility index (Phi) is 10.0. The van der Waals surface area contributed by atoms with E-state index >= 15 is 0 Å². The average Bonchev–Trinajstić information content (AvgIpc) is 2.65. The molecule has 0 unspecified atom stereocenters. The van der Waals surface area contributed by atoms with Crippen molar-refractivity contribution in [1.29, 1.82) is 0 Å². The maximum absolute atomic E-state index is 13.6. The highest BCUT2D eigenvalue weighted by Crippen LogP contribution is 2.33. The van der Waals surface area contributed by atoms with E-state index in [2.05, 4.69) is 42.4 Å². The van der Waals surface area contributed by atoms with Crippen molar-refractivity contribution in [3.8, 4) is 0 Å². The molecule has 0 atom stereocenters. The first kappa shape index (κ1) is 21.1. The van der Waals surface area contributed by atoms with Crippen molar-refractivity contribution in [1.82, 2.24) is 0 Å². The van der Waals surface area contributed by atoms with E-state index in [-0.39, 0.29) is 11.6 Å². The minimum atomic E-state index is -0.749. The summed E-state index contributed by atoms with van der Waals surface area (Å²) in [5.74, 6) is -2.01. The second-order valence-corrected chi connectivity index (χ2v) is 12.1. The molecule has 0 radical (unpaired) electrons. The molecule has 0 fully saturated rings. The van der Waals surface area contributed by atoms with Gasteiger partial charge in [0.25, 0.3) is 11.7 Å². The van der Waals surface area contributed by atoms with E-state index in [4.69, 9.17) is 0 Å².